The van der Waals surface area contributed by atoms with E-state index in [1.54, 1.807) is 0 Å². The second-order valence-electron chi connectivity index (χ2n) is 6.00. The van der Waals surface area contributed by atoms with Gasteiger partial charge in [-0.15, -0.1) is 0 Å². The van der Waals surface area contributed by atoms with Crippen molar-refractivity contribution in [3.05, 3.63) is 24.0 Å². The Labute approximate surface area is 118 Å². The number of carbonyl (C=O) groups excluding carboxylic acids is 1. The highest BCUT2D eigenvalue weighted by atomic mass is 16.4. The minimum absolute atomic E-state index is 0.0477. The lowest BCUT2D eigenvalue weighted by Crippen LogP contribution is -2.37. The first-order chi connectivity index (χ1) is 9.42. The lowest BCUT2D eigenvalue weighted by molar-refractivity contribution is -0.124. The Morgan fingerprint density at radius 2 is 2.15 bits per heavy atom. The third-order valence-corrected chi connectivity index (χ3v) is 4.13. The Kier molecular flexibility index (Phi) is 4.06. The molecule has 1 unspecified atom stereocenters. The van der Waals surface area contributed by atoms with Crippen LogP contribution in [-0.2, 0) is 4.79 Å². The number of carboxylic acids is 1. The molecular formula is C15H20N2O3. The highest BCUT2D eigenvalue weighted by Gasteiger charge is 2.37. The van der Waals surface area contributed by atoms with Crippen molar-refractivity contribution in [2.24, 2.45) is 11.3 Å². The summed E-state index contributed by atoms with van der Waals surface area (Å²) in [6, 6.07) is 1.39. The summed E-state index contributed by atoms with van der Waals surface area (Å²) in [5.41, 5.74) is 0.293. The first-order valence-corrected chi connectivity index (χ1v) is 6.90. The number of aromatic carboxylic acids is 1. The molecule has 1 aromatic heterocycles. The Balaban J connectivity index is 2.18. The van der Waals surface area contributed by atoms with Crippen molar-refractivity contribution >= 4 is 17.6 Å². The number of amides is 1. The molecule has 1 atom stereocenters. The van der Waals surface area contributed by atoms with E-state index in [4.69, 9.17) is 5.11 Å². The number of rotatable bonds is 3. The Bertz CT molecular complexity index is 526. The van der Waals surface area contributed by atoms with Crippen molar-refractivity contribution in [3.63, 3.8) is 0 Å². The molecule has 0 radical (unpaired) electrons. The van der Waals surface area contributed by atoms with Crippen molar-refractivity contribution in [2.45, 2.75) is 39.5 Å². The molecule has 0 aliphatic heterocycles. The van der Waals surface area contributed by atoms with Crippen molar-refractivity contribution in [1.82, 2.24) is 4.98 Å². The van der Waals surface area contributed by atoms with Gasteiger partial charge in [-0.3, -0.25) is 9.78 Å². The average molecular weight is 276 g/mol. The number of carboxylic acid groups (broad SMARTS) is 1. The summed E-state index contributed by atoms with van der Waals surface area (Å²) < 4.78 is 0. The molecule has 20 heavy (non-hydrogen) atoms. The van der Waals surface area contributed by atoms with Gasteiger partial charge >= 0.3 is 5.97 Å². The fourth-order valence-electron chi connectivity index (χ4n) is 2.88. The van der Waals surface area contributed by atoms with Crippen LogP contribution in [0.25, 0.3) is 0 Å². The van der Waals surface area contributed by atoms with Crippen LogP contribution in [0.5, 0.6) is 0 Å². The normalized spacial score (nSPS) is 21.2. The van der Waals surface area contributed by atoms with E-state index in [9.17, 15) is 9.59 Å². The number of carbonyl (C=O) groups is 2. The smallest absolute Gasteiger partial charge is 0.337 e. The second-order valence-corrected chi connectivity index (χ2v) is 6.00. The van der Waals surface area contributed by atoms with Gasteiger partial charge in [0, 0.05) is 12.1 Å². The number of aromatic nitrogens is 1. The summed E-state index contributed by atoms with van der Waals surface area (Å²) in [6.07, 6.45) is 6.84. The third kappa shape index (κ3) is 2.98. The van der Waals surface area contributed by atoms with Gasteiger partial charge < -0.3 is 10.4 Å². The predicted octanol–water partition coefficient (Wildman–Crippen LogP) is 2.93. The van der Waals surface area contributed by atoms with E-state index < -0.39 is 5.97 Å². The topological polar surface area (TPSA) is 79.3 Å². The van der Waals surface area contributed by atoms with E-state index in [0.29, 0.717) is 0 Å². The van der Waals surface area contributed by atoms with Gasteiger partial charge in [0.25, 0.3) is 0 Å². The first-order valence-electron chi connectivity index (χ1n) is 6.90. The Hall–Kier alpha value is -1.91. The van der Waals surface area contributed by atoms with E-state index in [1.807, 2.05) is 0 Å². The molecule has 5 nitrogen and oxygen atoms in total. The van der Waals surface area contributed by atoms with Crippen LogP contribution in [0, 0.1) is 11.3 Å². The van der Waals surface area contributed by atoms with Gasteiger partial charge in [0.05, 0.1) is 17.4 Å². The van der Waals surface area contributed by atoms with Gasteiger partial charge in [-0.2, -0.15) is 0 Å². The molecule has 0 spiro atoms. The predicted molar refractivity (Wildman–Crippen MR) is 75.6 cm³/mol. The molecule has 2 rings (SSSR count). The standard InChI is InChI=1S/C15H20N2O3/c1-15(2)7-4-3-5-11(15)13(18)17-12-9-16-8-6-10(12)14(19)20/h6,8-9,11H,3-5,7H2,1-2H3,(H,17,18)(H,19,20). The highest BCUT2D eigenvalue weighted by Crippen LogP contribution is 2.41. The van der Waals surface area contributed by atoms with Gasteiger partial charge in [0.2, 0.25) is 5.91 Å². The minimum Gasteiger partial charge on any atom is -0.478 e. The maximum absolute atomic E-state index is 12.4. The van der Waals surface area contributed by atoms with Gasteiger partial charge in [-0.25, -0.2) is 4.79 Å². The van der Waals surface area contributed by atoms with E-state index in [2.05, 4.69) is 24.1 Å². The van der Waals surface area contributed by atoms with Gasteiger partial charge in [0.15, 0.2) is 0 Å². The van der Waals surface area contributed by atoms with Crippen LogP contribution < -0.4 is 5.32 Å². The first kappa shape index (κ1) is 14.5. The van der Waals surface area contributed by atoms with Crippen LogP contribution in [0.15, 0.2) is 18.5 Å². The monoisotopic (exact) mass is 276 g/mol. The molecule has 108 valence electrons. The number of anilines is 1. The number of nitrogens with one attached hydrogen (secondary N) is 1. The molecule has 1 fully saturated rings. The maximum Gasteiger partial charge on any atom is 0.337 e. The molecular weight excluding hydrogens is 256 g/mol. The van der Waals surface area contributed by atoms with Crippen molar-refractivity contribution in [3.8, 4) is 0 Å². The SMILES string of the molecule is CC1(C)CCCCC1C(=O)Nc1cnccc1C(=O)O. The molecule has 0 bridgehead atoms. The summed E-state index contributed by atoms with van der Waals surface area (Å²) in [5, 5.41) is 11.8. The van der Waals surface area contributed by atoms with Gasteiger partial charge in [-0.05, 0) is 24.3 Å². The van der Waals surface area contributed by atoms with E-state index >= 15 is 0 Å². The highest BCUT2D eigenvalue weighted by molar-refractivity contribution is 6.01. The number of hydrogen-bond acceptors (Lipinski definition) is 3. The number of pyridine rings is 1. The van der Waals surface area contributed by atoms with Gasteiger partial charge in [0.1, 0.15) is 0 Å². The second kappa shape index (κ2) is 5.61. The van der Waals surface area contributed by atoms with Crippen LogP contribution in [0.2, 0.25) is 0 Å². The molecule has 0 saturated heterocycles. The van der Waals surface area contributed by atoms with Crippen molar-refractivity contribution in [1.29, 1.82) is 0 Å². The number of nitrogens with zero attached hydrogens (tertiary/aromatic N) is 1. The molecule has 1 saturated carbocycles. The van der Waals surface area contributed by atoms with Crippen molar-refractivity contribution in [2.75, 3.05) is 5.32 Å². The van der Waals surface area contributed by atoms with Crippen molar-refractivity contribution < 1.29 is 14.7 Å². The fraction of sp³-hybridized carbons (Fsp3) is 0.533. The molecule has 5 heteroatoms. The van der Waals surface area contributed by atoms with Crippen LogP contribution in [0.4, 0.5) is 5.69 Å². The lowest BCUT2D eigenvalue weighted by atomic mass is 9.68. The molecule has 2 N–H and O–H groups in total. The lowest BCUT2D eigenvalue weighted by Gasteiger charge is -2.37. The molecule has 1 amide bonds. The molecule has 0 aromatic carbocycles. The number of hydrogen-bond donors (Lipinski definition) is 2. The van der Waals surface area contributed by atoms with Crippen LogP contribution >= 0.6 is 0 Å². The molecule has 1 heterocycles. The summed E-state index contributed by atoms with van der Waals surface area (Å²) in [7, 11) is 0. The minimum atomic E-state index is -1.06. The Morgan fingerprint density at radius 3 is 2.80 bits per heavy atom. The zero-order valence-electron chi connectivity index (χ0n) is 11.8. The van der Waals surface area contributed by atoms with Crippen LogP contribution in [0.1, 0.15) is 49.9 Å². The maximum atomic E-state index is 12.4. The quantitative estimate of drug-likeness (QED) is 0.889. The summed E-state index contributed by atoms with van der Waals surface area (Å²) in [5.74, 6) is -1.26. The zero-order valence-corrected chi connectivity index (χ0v) is 11.8. The van der Waals surface area contributed by atoms with Crippen LogP contribution in [0.3, 0.4) is 0 Å². The van der Waals surface area contributed by atoms with E-state index in [1.165, 1.54) is 18.5 Å². The molecule has 1 aliphatic carbocycles. The molecule has 1 aliphatic rings. The summed E-state index contributed by atoms with van der Waals surface area (Å²) in [6.45, 7) is 4.19. The Morgan fingerprint density at radius 1 is 1.40 bits per heavy atom. The third-order valence-electron chi connectivity index (χ3n) is 4.13. The van der Waals surface area contributed by atoms with Crippen LogP contribution in [-0.4, -0.2) is 22.0 Å². The summed E-state index contributed by atoms with van der Waals surface area (Å²) >= 11 is 0. The molecule has 1 aromatic rings. The largest absolute Gasteiger partial charge is 0.478 e. The van der Waals surface area contributed by atoms with E-state index in [-0.39, 0.29) is 28.5 Å². The van der Waals surface area contributed by atoms with Gasteiger partial charge in [-0.1, -0.05) is 26.7 Å². The van der Waals surface area contributed by atoms with E-state index in [0.717, 1.165) is 25.7 Å². The average Bonchev–Trinajstić information content (AvgIpc) is 2.38. The zero-order chi connectivity index (χ0) is 14.8. The fourth-order valence-corrected chi connectivity index (χ4v) is 2.88. The summed E-state index contributed by atoms with van der Waals surface area (Å²) in [4.78, 5) is 27.4.